The molecule has 3 atom stereocenters. The molecule has 2 aliphatic rings. The third-order valence-electron chi connectivity index (χ3n) is 4.38. The van der Waals surface area contributed by atoms with E-state index in [1.165, 1.54) is 32.0 Å². The number of carbonyl (C=O) groups excluding carboxylic acids is 1. The van der Waals surface area contributed by atoms with E-state index in [-0.39, 0.29) is 5.41 Å². The zero-order valence-electron chi connectivity index (χ0n) is 9.71. The highest BCUT2D eigenvalue weighted by atomic mass is 16.5. The second kappa shape index (κ2) is 4.65. The predicted molar refractivity (Wildman–Crippen MR) is 59.7 cm³/mol. The van der Waals surface area contributed by atoms with Crippen LogP contribution in [0.25, 0.3) is 0 Å². The Bertz CT molecular complexity index is 221. The normalized spacial score (nSPS) is 41.7. The molecule has 1 aliphatic heterocycles. The van der Waals surface area contributed by atoms with Gasteiger partial charge in [0.1, 0.15) is 6.29 Å². The minimum Gasteiger partial charge on any atom is -0.378 e. The Morgan fingerprint density at radius 1 is 1.33 bits per heavy atom. The van der Waals surface area contributed by atoms with Crippen molar-refractivity contribution < 1.29 is 9.53 Å². The Kier molecular flexibility index (Phi) is 3.45. The third-order valence-corrected chi connectivity index (χ3v) is 4.38. The molecule has 1 heterocycles. The van der Waals surface area contributed by atoms with E-state index in [1.807, 2.05) is 0 Å². The van der Waals surface area contributed by atoms with Crippen molar-refractivity contribution in [3.8, 4) is 0 Å². The van der Waals surface area contributed by atoms with Crippen molar-refractivity contribution in [2.75, 3.05) is 6.61 Å². The van der Waals surface area contributed by atoms with E-state index in [1.54, 1.807) is 0 Å². The lowest BCUT2D eigenvalue weighted by atomic mass is 9.75. The molecule has 0 bridgehead atoms. The molecule has 2 fully saturated rings. The van der Waals surface area contributed by atoms with Gasteiger partial charge in [0.25, 0.3) is 0 Å². The van der Waals surface area contributed by atoms with Gasteiger partial charge in [0.05, 0.1) is 6.10 Å². The van der Waals surface area contributed by atoms with Crippen molar-refractivity contribution in [1.82, 2.24) is 0 Å². The van der Waals surface area contributed by atoms with Crippen molar-refractivity contribution in [2.24, 2.45) is 11.3 Å². The largest absolute Gasteiger partial charge is 0.378 e. The van der Waals surface area contributed by atoms with Gasteiger partial charge in [-0.1, -0.05) is 13.3 Å². The van der Waals surface area contributed by atoms with E-state index in [2.05, 4.69) is 6.92 Å². The van der Waals surface area contributed by atoms with Crippen LogP contribution in [0.2, 0.25) is 0 Å². The maximum absolute atomic E-state index is 11.4. The zero-order valence-corrected chi connectivity index (χ0v) is 9.71. The molecule has 3 unspecified atom stereocenters. The highest BCUT2D eigenvalue weighted by molar-refractivity contribution is 5.60. The number of hydrogen-bond donors (Lipinski definition) is 0. The van der Waals surface area contributed by atoms with E-state index in [4.69, 9.17) is 4.74 Å². The molecule has 2 heteroatoms. The van der Waals surface area contributed by atoms with E-state index >= 15 is 0 Å². The molecule has 0 radical (unpaired) electrons. The monoisotopic (exact) mass is 210 g/mol. The lowest BCUT2D eigenvalue weighted by Crippen LogP contribution is -2.33. The number of carbonyl (C=O) groups is 1. The van der Waals surface area contributed by atoms with Crippen LogP contribution in [0.5, 0.6) is 0 Å². The van der Waals surface area contributed by atoms with E-state index in [0.29, 0.717) is 12.0 Å². The summed E-state index contributed by atoms with van der Waals surface area (Å²) < 4.78 is 5.76. The van der Waals surface area contributed by atoms with Crippen molar-refractivity contribution >= 4 is 6.29 Å². The van der Waals surface area contributed by atoms with Gasteiger partial charge in [0.2, 0.25) is 0 Å². The van der Waals surface area contributed by atoms with Gasteiger partial charge >= 0.3 is 0 Å². The van der Waals surface area contributed by atoms with Crippen molar-refractivity contribution in [2.45, 2.75) is 58.0 Å². The molecule has 0 amide bonds. The quantitative estimate of drug-likeness (QED) is 0.669. The first-order valence-electron chi connectivity index (χ1n) is 6.35. The first-order valence-corrected chi connectivity index (χ1v) is 6.35. The molecule has 86 valence electrons. The Labute approximate surface area is 92.4 Å². The lowest BCUT2D eigenvalue weighted by Gasteiger charge is -2.33. The van der Waals surface area contributed by atoms with E-state index in [9.17, 15) is 4.79 Å². The fraction of sp³-hybridized carbons (Fsp3) is 0.923. The lowest BCUT2D eigenvalue weighted by molar-refractivity contribution is -0.121. The number of ether oxygens (including phenoxy) is 1. The predicted octanol–water partition coefficient (Wildman–Crippen LogP) is 2.95. The minimum atomic E-state index is -0.0536. The van der Waals surface area contributed by atoms with Crippen LogP contribution in [0.4, 0.5) is 0 Å². The maximum atomic E-state index is 11.4. The summed E-state index contributed by atoms with van der Waals surface area (Å²) in [6, 6.07) is 0. The molecule has 2 nitrogen and oxygen atoms in total. The summed E-state index contributed by atoms with van der Waals surface area (Å²) >= 11 is 0. The van der Waals surface area contributed by atoms with Crippen LogP contribution in [0.15, 0.2) is 0 Å². The van der Waals surface area contributed by atoms with Gasteiger partial charge in [0, 0.05) is 12.0 Å². The molecule has 0 spiro atoms. The van der Waals surface area contributed by atoms with Gasteiger partial charge in [-0.15, -0.1) is 0 Å². The minimum absolute atomic E-state index is 0.0536. The molecule has 0 N–H and O–H groups in total. The first-order chi connectivity index (χ1) is 7.27. The fourth-order valence-electron chi connectivity index (χ4n) is 3.19. The summed E-state index contributed by atoms with van der Waals surface area (Å²) in [4.78, 5) is 11.4. The zero-order chi connectivity index (χ0) is 10.7. The second-order valence-electron chi connectivity index (χ2n) is 5.34. The molecular formula is C13H22O2. The number of hydrogen-bond acceptors (Lipinski definition) is 2. The van der Waals surface area contributed by atoms with Gasteiger partial charge in [-0.3, -0.25) is 0 Å². The molecule has 1 saturated heterocycles. The highest BCUT2D eigenvalue weighted by Gasteiger charge is 2.42. The molecule has 2 rings (SSSR count). The SMILES string of the molecule is CC1CCCC1(C=O)CC1CCCCO1. The maximum Gasteiger partial charge on any atom is 0.126 e. The fourth-order valence-corrected chi connectivity index (χ4v) is 3.19. The summed E-state index contributed by atoms with van der Waals surface area (Å²) in [7, 11) is 0. The van der Waals surface area contributed by atoms with Crippen molar-refractivity contribution in [3.05, 3.63) is 0 Å². The average molecular weight is 210 g/mol. The van der Waals surface area contributed by atoms with Crippen LogP contribution >= 0.6 is 0 Å². The number of rotatable bonds is 3. The molecule has 0 aromatic rings. The molecule has 1 saturated carbocycles. The highest BCUT2D eigenvalue weighted by Crippen LogP contribution is 2.46. The molecule has 15 heavy (non-hydrogen) atoms. The summed E-state index contributed by atoms with van der Waals surface area (Å²) in [6.45, 7) is 3.12. The van der Waals surface area contributed by atoms with Crippen LogP contribution in [-0.4, -0.2) is 19.0 Å². The average Bonchev–Trinajstić information content (AvgIpc) is 2.62. The van der Waals surface area contributed by atoms with Crippen LogP contribution in [0.1, 0.15) is 51.9 Å². The van der Waals surface area contributed by atoms with Gasteiger partial charge in [0.15, 0.2) is 0 Å². The van der Waals surface area contributed by atoms with Gasteiger partial charge < -0.3 is 9.53 Å². The Balaban J connectivity index is 1.97. The summed E-state index contributed by atoms with van der Waals surface area (Å²) in [5, 5.41) is 0. The van der Waals surface area contributed by atoms with E-state index < -0.39 is 0 Å². The summed E-state index contributed by atoms with van der Waals surface area (Å²) in [5.41, 5.74) is -0.0536. The summed E-state index contributed by atoms with van der Waals surface area (Å²) in [5.74, 6) is 0.556. The molecular weight excluding hydrogens is 188 g/mol. The van der Waals surface area contributed by atoms with Gasteiger partial charge in [-0.25, -0.2) is 0 Å². The van der Waals surface area contributed by atoms with Gasteiger partial charge in [-0.2, -0.15) is 0 Å². The molecule has 0 aromatic heterocycles. The molecule has 1 aliphatic carbocycles. The molecule has 0 aromatic carbocycles. The van der Waals surface area contributed by atoms with Gasteiger partial charge in [-0.05, 0) is 44.4 Å². The standard InChI is InChI=1S/C13H22O2/c1-11-5-4-7-13(11,10-14)9-12-6-2-3-8-15-12/h10-12H,2-9H2,1H3. The van der Waals surface area contributed by atoms with Crippen molar-refractivity contribution in [3.63, 3.8) is 0 Å². The number of aldehydes is 1. The third kappa shape index (κ3) is 2.25. The smallest absolute Gasteiger partial charge is 0.126 e. The Morgan fingerprint density at radius 2 is 2.20 bits per heavy atom. The van der Waals surface area contributed by atoms with Crippen LogP contribution in [0, 0.1) is 11.3 Å². The summed E-state index contributed by atoms with van der Waals surface area (Å²) in [6.07, 6.45) is 9.68. The van der Waals surface area contributed by atoms with Crippen LogP contribution < -0.4 is 0 Å². The first kappa shape index (κ1) is 11.1. The topological polar surface area (TPSA) is 26.3 Å². The van der Waals surface area contributed by atoms with Crippen LogP contribution in [0.3, 0.4) is 0 Å². The Hall–Kier alpha value is -0.370. The Morgan fingerprint density at radius 3 is 2.73 bits per heavy atom. The van der Waals surface area contributed by atoms with E-state index in [0.717, 1.165) is 25.9 Å². The van der Waals surface area contributed by atoms with Crippen LogP contribution in [-0.2, 0) is 9.53 Å². The van der Waals surface area contributed by atoms with Crippen molar-refractivity contribution in [1.29, 1.82) is 0 Å². The second-order valence-corrected chi connectivity index (χ2v) is 5.34.